The normalized spacial score (nSPS) is 12.2. The van der Waals surface area contributed by atoms with E-state index in [1.807, 2.05) is 36.4 Å². The Morgan fingerprint density at radius 1 is 0.788 bits per heavy atom. The van der Waals surface area contributed by atoms with Crippen LogP contribution >= 0.6 is 0 Å². The average molecular weight is 461 g/mol. The fraction of sp³-hybridized carbons (Fsp3) is 0.111. The molecule has 1 unspecified atom stereocenters. The van der Waals surface area contributed by atoms with Crippen LogP contribution in [-0.4, -0.2) is 20.6 Å². The van der Waals surface area contributed by atoms with Crippen molar-refractivity contribution in [2.24, 2.45) is 0 Å². The van der Waals surface area contributed by atoms with Crippen LogP contribution in [0.4, 0.5) is 0 Å². The number of aliphatic hydroxyl groups is 1. The van der Waals surface area contributed by atoms with Gasteiger partial charge in [-0.15, -0.1) is 0 Å². The molecular formula is C27H24O5S. The number of sulfone groups is 1. The van der Waals surface area contributed by atoms with Gasteiger partial charge in [0.05, 0.1) is 16.9 Å². The summed E-state index contributed by atoms with van der Waals surface area (Å²) in [5.41, 5.74) is 1.91. The van der Waals surface area contributed by atoms with Gasteiger partial charge in [-0.1, -0.05) is 78.9 Å². The molecule has 5 nitrogen and oxygen atoms in total. The minimum Gasteiger partial charge on any atom is -0.493 e. The van der Waals surface area contributed by atoms with Gasteiger partial charge in [-0.05, 0) is 29.3 Å². The quantitative estimate of drug-likeness (QED) is 0.392. The van der Waals surface area contributed by atoms with Gasteiger partial charge in [-0.3, -0.25) is 0 Å². The molecule has 0 bridgehead atoms. The zero-order chi connectivity index (χ0) is 23.3. The van der Waals surface area contributed by atoms with Crippen molar-refractivity contribution in [2.45, 2.75) is 22.5 Å². The highest BCUT2D eigenvalue weighted by Crippen LogP contribution is 2.35. The van der Waals surface area contributed by atoms with Crippen molar-refractivity contribution in [3.05, 3.63) is 120 Å². The van der Waals surface area contributed by atoms with Crippen molar-refractivity contribution < 1.29 is 23.0 Å². The fourth-order valence-electron chi connectivity index (χ4n) is 3.56. The molecule has 6 heteroatoms. The Labute approximate surface area is 193 Å². The van der Waals surface area contributed by atoms with E-state index in [0.29, 0.717) is 29.2 Å². The van der Waals surface area contributed by atoms with Gasteiger partial charge < -0.3 is 14.6 Å². The molecule has 4 aromatic rings. The first-order valence-corrected chi connectivity index (χ1v) is 11.9. The van der Waals surface area contributed by atoms with Crippen molar-refractivity contribution in [3.8, 4) is 11.5 Å². The van der Waals surface area contributed by atoms with Crippen LogP contribution < -0.4 is 9.47 Å². The van der Waals surface area contributed by atoms with Gasteiger partial charge in [0.15, 0.2) is 11.5 Å². The summed E-state index contributed by atoms with van der Waals surface area (Å²) in [7, 11) is -2.47. The smallest absolute Gasteiger partial charge is 0.207 e. The lowest BCUT2D eigenvalue weighted by atomic mass is 10.0. The predicted octanol–water partition coefficient (Wildman–Crippen LogP) is 5.19. The predicted molar refractivity (Wildman–Crippen MR) is 126 cm³/mol. The Morgan fingerprint density at radius 2 is 1.42 bits per heavy atom. The average Bonchev–Trinajstić information content (AvgIpc) is 2.88. The number of benzene rings is 4. The summed E-state index contributed by atoms with van der Waals surface area (Å²) in [6, 6.07) is 29.6. The SMILES string of the molecule is COc1cc(S(=O)(=O)c2ccccc2C(O)c2ccccc2)ccc1OCc1ccccc1. The molecule has 0 saturated heterocycles. The molecule has 4 aromatic carbocycles. The van der Waals surface area contributed by atoms with Crippen molar-refractivity contribution in [3.63, 3.8) is 0 Å². The van der Waals surface area contributed by atoms with Gasteiger partial charge in [0, 0.05) is 11.6 Å². The third kappa shape index (κ3) is 4.92. The number of methoxy groups -OCH3 is 1. The van der Waals surface area contributed by atoms with Gasteiger partial charge in [-0.25, -0.2) is 8.42 Å². The highest BCUT2D eigenvalue weighted by molar-refractivity contribution is 7.91. The summed E-state index contributed by atoms with van der Waals surface area (Å²) >= 11 is 0. The van der Waals surface area contributed by atoms with E-state index in [1.165, 1.54) is 25.3 Å². The number of hydrogen-bond donors (Lipinski definition) is 1. The number of ether oxygens (including phenoxy) is 2. The Kier molecular flexibility index (Phi) is 6.77. The van der Waals surface area contributed by atoms with Crippen LogP contribution in [0.25, 0.3) is 0 Å². The van der Waals surface area contributed by atoms with Crippen molar-refractivity contribution >= 4 is 9.84 Å². The zero-order valence-electron chi connectivity index (χ0n) is 18.1. The topological polar surface area (TPSA) is 72.8 Å². The van der Waals surface area contributed by atoms with E-state index in [1.54, 1.807) is 48.5 Å². The molecule has 1 atom stereocenters. The largest absolute Gasteiger partial charge is 0.493 e. The van der Waals surface area contributed by atoms with Gasteiger partial charge in [0.2, 0.25) is 9.84 Å². The first-order valence-electron chi connectivity index (χ1n) is 10.4. The molecule has 0 saturated carbocycles. The maximum atomic E-state index is 13.5. The van der Waals surface area contributed by atoms with Crippen molar-refractivity contribution in [2.75, 3.05) is 7.11 Å². The molecule has 0 radical (unpaired) electrons. The van der Waals surface area contributed by atoms with Crippen LogP contribution in [0, 0.1) is 0 Å². The first-order chi connectivity index (χ1) is 16.0. The van der Waals surface area contributed by atoms with Crippen LogP contribution in [0.15, 0.2) is 113 Å². The molecule has 4 rings (SSSR count). The minimum atomic E-state index is -3.93. The van der Waals surface area contributed by atoms with Gasteiger partial charge in [-0.2, -0.15) is 0 Å². The molecule has 1 N–H and O–H groups in total. The Bertz CT molecular complexity index is 1320. The molecule has 0 aliphatic carbocycles. The molecule has 168 valence electrons. The molecule has 0 fully saturated rings. The summed E-state index contributed by atoms with van der Waals surface area (Å²) in [5, 5.41) is 10.9. The second-order valence-corrected chi connectivity index (χ2v) is 9.36. The van der Waals surface area contributed by atoms with Crippen LogP contribution in [-0.2, 0) is 16.4 Å². The van der Waals surface area contributed by atoms with E-state index < -0.39 is 15.9 Å². The molecule has 0 heterocycles. The maximum absolute atomic E-state index is 13.5. The summed E-state index contributed by atoms with van der Waals surface area (Å²) in [4.78, 5) is 0.0977. The zero-order valence-corrected chi connectivity index (χ0v) is 18.9. The lowest BCUT2D eigenvalue weighted by Crippen LogP contribution is -2.10. The van der Waals surface area contributed by atoms with Crippen molar-refractivity contribution in [1.82, 2.24) is 0 Å². The molecule has 33 heavy (non-hydrogen) atoms. The minimum absolute atomic E-state index is 0.0429. The van der Waals surface area contributed by atoms with Crippen molar-refractivity contribution in [1.29, 1.82) is 0 Å². The number of aliphatic hydroxyl groups excluding tert-OH is 1. The van der Waals surface area contributed by atoms with Crippen LogP contribution in [0.2, 0.25) is 0 Å². The Morgan fingerprint density at radius 3 is 2.12 bits per heavy atom. The molecular weight excluding hydrogens is 436 g/mol. The van der Waals surface area contributed by atoms with E-state index in [9.17, 15) is 13.5 Å². The summed E-state index contributed by atoms with van der Waals surface area (Å²) in [6.07, 6.45) is -1.08. The third-order valence-corrected chi connectivity index (χ3v) is 7.13. The van der Waals surface area contributed by atoms with E-state index in [4.69, 9.17) is 9.47 Å². The van der Waals surface area contributed by atoms with Gasteiger partial charge >= 0.3 is 0 Å². The van der Waals surface area contributed by atoms with Crippen LogP contribution in [0.1, 0.15) is 22.8 Å². The van der Waals surface area contributed by atoms with Crippen LogP contribution in [0.3, 0.4) is 0 Å². The maximum Gasteiger partial charge on any atom is 0.207 e. The van der Waals surface area contributed by atoms with Gasteiger partial charge in [0.1, 0.15) is 12.7 Å². The Balaban J connectivity index is 1.67. The Hall–Kier alpha value is -3.61. The molecule has 0 aliphatic heterocycles. The van der Waals surface area contributed by atoms with Crippen LogP contribution in [0.5, 0.6) is 11.5 Å². The highest BCUT2D eigenvalue weighted by atomic mass is 32.2. The lowest BCUT2D eigenvalue weighted by Gasteiger charge is -2.17. The summed E-state index contributed by atoms with van der Waals surface area (Å²) in [6.45, 7) is 0.329. The molecule has 0 spiro atoms. The molecule has 0 aromatic heterocycles. The van der Waals surface area contributed by atoms with E-state index >= 15 is 0 Å². The molecule has 0 aliphatic rings. The monoisotopic (exact) mass is 460 g/mol. The lowest BCUT2D eigenvalue weighted by molar-refractivity contribution is 0.217. The number of hydrogen-bond acceptors (Lipinski definition) is 5. The van der Waals surface area contributed by atoms with Gasteiger partial charge in [0.25, 0.3) is 0 Å². The highest BCUT2D eigenvalue weighted by Gasteiger charge is 2.26. The van der Waals surface area contributed by atoms with E-state index in [0.717, 1.165) is 5.56 Å². The summed E-state index contributed by atoms with van der Waals surface area (Å²) in [5.74, 6) is 0.756. The van der Waals surface area contributed by atoms with E-state index in [2.05, 4.69) is 0 Å². The molecule has 0 amide bonds. The second kappa shape index (κ2) is 9.90. The summed E-state index contributed by atoms with van der Waals surface area (Å²) < 4.78 is 38.3. The number of rotatable bonds is 8. The third-order valence-electron chi connectivity index (χ3n) is 5.30. The standard InChI is InChI=1S/C27H24O5S/c1-31-25-18-22(16-17-24(25)32-19-20-10-4-2-5-11-20)33(29,30)26-15-9-8-14-23(26)27(28)21-12-6-3-7-13-21/h2-18,27-28H,19H2,1H3. The second-order valence-electron chi connectivity index (χ2n) is 7.44. The first kappa shape index (κ1) is 22.6. The van der Waals surface area contributed by atoms with E-state index in [-0.39, 0.29) is 9.79 Å². The fourth-order valence-corrected chi connectivity index (χ4v) is 5.07.